The maximum Gasteiger partial charge on any atom is 0.227 e. The van der Waals surface area contributed by atoms with E-state index in [1.165, 1.54) is 0 Å². The van der Waals surface area contributed by atoms with Gasteiger partial charge in [0.1, 0.15) is 5.37 Å². The van der Waals surface area contributed by atoms with Crippen LogP contribution in [0.2, 0.25) is 0 Å². The van der Waals surface area contributed by atoms with Crippen molar-refractivity contribution in [2.45, 2.75) is 18.7 Å². The number of carbonyl (C=O) groups is 1. The number of aliphatic hydroxyl groups excluding tert-OH is 1. The van der Waals surface area contributed by atoms with E-state index >= 15 is 0 Å². The lowest BCUT2D eigenvalue weighted by atomic mass is 9.99. The third kappa shape index (κ3) is 1.83. The third-order valence-corrected chi connectivity index (χ3v) is 4.16. The van der Waals surface area contributed by atoms with Crippen LogP contribution in [0.3, 0.4) is 0 Å². The van der Waals surface area contributed by atoms with Crippen LogP contribution in [0, 0.1) is 5.92 Å². The number of hydrogen-bond acceptors (Lipinski definition) is 4. The van der Waals surface area contributed by atoms with Gasteiger partial charge in [-0.3, -0.25) is 4.79 Å². The van der Waals surface area contributed by atoms with Gasteiger partial charge in [-0.25, -0.2) is 8.42 Å². The smallest absolute Gasteiger partial charge is 0.227 e. The van der Waals surface area contributed by atoms with Gasteiger partial charge < -0.3 is 10.4 Å². The normalized spacial score (nSPS) is 28.0. The first-order valence-electron chi connectivity index (χ1n) is 4.15. The van der Waals surface area contributed by atoms with E-state index in [2.05, 4.69) is 5.32 Å². The van der Waals surface area contributed by atoms with E-state index in [0.29, 0.717) is 6.42 Å². The van der Waals surface area contributed by atoms with Crippen molar-refractivity contribution < 1.29 is 18.3 Å². The summed E-state index contributed by atoms with van der Waals surface area (Å²) in [6.07, 6.45) is 0.515. The average Bonchev–Trinajstić information content (AvgIpc) is 2.00. The second-order valence-electron chi connectivity index (χ2n) is 3.03. The Kier molecular flexibility index (Phi) is 2.92. The molecule has 0 aromatic rings. The topological polar surface area (TPSA) is 83.5 Å². The number of nitrogens with one attached hydrogen (secondary N) is 1. The van der Waals surface area contributed by atoms with E-state index in [1.54, 1.807) is 6.92 Å². The van der Waals surface area contributed by atoms with Crippen LogP contribution >= 0.6 is 0 Å². The molecule has 0 bridgehead atoms. The van der Waals surface area contributed by atoms with Crippen LogP contribution < -0.4 is 5.32 Å². The summed E-state index contributed by atoms with van der Waals surface area (Å²) in [6, 6.07) is 0. The van der Waals surface area contributed by atoms with Gasteiger partial charge >= 0.3 is 0 Å². The van der Waals surface area contributed by atoms with E-state index in [4.69, 9.17) is 5.11 Å². The van der Waals surface area contributed by atoms with Gasteiger partial charge in [0, 0.05) is 0 Å². The maximum absolute atomic E-state index is 11.4. The highest BCUT2D eigenvalue weighted by Gasteiger charge is 2.45. The summed E-state index contributed by atoms with van der Waals surface area (Å²) < 4.78 is 22.7. The highest BCUT2D eigenvalue weighted by atomic mass is 32.2. The monoisotopic (exact) mass is 207 g/mol. The molecular weight excluding hydrogens is 194 g/mol. The van der Waals surface area contributed by atoms with Crippen molar-refractivity contribution in [2.75, 3.05) is 12.4 Å². The molecule has 2 unspecified atom stereocenters. The molecule has 0 radical (unpaired) electrons. The molecule has 0 spiro atoms. The molecule has 13 heavy (non-hydrogen) atoms. The van der Waals surface area contributed by atoms with E-state index in [-0.39, 0.29) is 11.7 Å². The molecule has 76 valence electrons. The Bertz CT molecular complexity index is 298. The van der Waals surface area contributed by atoms with Crippen molar-refractivity contribution in [1.29, 1.82) is 0 Å². The van der Waals surface area contributed by atoms with Crippen LogP contribution in [0.4, 0.5) is 0 Å². The summed E-state index contributed by atoms with van der Waals surface area (Å²) in [6.45, 7) is 1.37. The Labute approximate surface area is 77.1 Å². The predicted molar refractivity (Wildman–Crippen MR) is 46.6 cm³/mol. The summed E-state index contributed by atoms with van der Waals surface area (Å²) >= 11 is 0. The zero-order valence-corrected chi connectivity index (χ0v) is 8.17. The lowest BCUT2D eigenvalue weighted by Crippen LogP contribution is -2.62. The van der Waals surface area contributed by atoms with Crippen LogP contribution in [-0.2, 0) is 14.6 Å². The summed E-state index contributed by atoms with van der Waals surface area (Å²) in [5.74, 6) is -0.931. The molecule has 5 nitrogen and oxygen atoms in total. The van der Waals surface area contributed by atoms with E-state index in [9.17, 15) is 13.2 Å². The largest absolute Gasteiger partial charge is 0.395 e. The van der Waals surface area contributed by atoms with Crippen molar-refractivity contribution in [3.8, 4) is 0 Å². The van der Waals surface area contributed by atoms with Gasteiger partial charge in [0.25, 0.3) is 0 Å². The minimum absolute atomic E-state index is 0.214. The van der Waals surface area contributed by atoms with Gasteiger partial charge in [-0.1, -0.05) is 6.92 Å². The number of aliphatic hydroxyl groups is 1. The summed E-state index contributed by atoms with van der Waals surface area (Å²) in [5.41, 5.74) is 0. The summed E-state index contributed by atoms with van der Waals surface area (Å²) in [7, 11) is -3.35. The van der Waals surface area contributed by atoms with Gasteiger partial charge in [0.2, 0.25) is 5.91 Å². The van der Waals surface area contributed by atoms with Gasteiger partial charge in [-0.15, -0.1) is 0 Å². The Morgan fingerprint density at radius 2 is 2.15 bits per heavy atom. The first kappa shape index (κ1) is 10.5. The maximum atomic E-state index is 11.4. The third-order valence-electron chi connectivity index (χ3n) is 2.19. The second kappa shape index (κ2) is 3.63. The number of β-lactam (4-membered cyclic amide) rings is 1. The summed E-state index contributed by atoms with van der Waals surface area (Å²) in [4.78, 5) is 10.9. The van der Waals surface area contributed by atoms with Gasteiger partial charge in [-0.05, 0) is 6.42 Å². The van der Waals surface area contributed by atoms with Gasteiger partial charge in [-0.2, -0.15) is 0 Å². The highest BCUT2D eigenvalue weighted by molar-refractivity contribution is 7.92. The van der Waals surface area contributed by atoms with Crippen LogP contribution in [-0.4, -0.2) is 37.2 Å². The van der Waals surface area contributed by atoms with Crippen LogP contribution in [0.15, 0.2) is 0 Å². The highest BCUT2D eigenvalue weighted by Crippen LogP contribution is 2.23. The fraction of sp³-hybridized carbons (Fsp3) is 0.857. The number of rotatable bonds is 4. The average molecular weight is 207 g/mol. The zero-order valence-electron chi connectivity index (χ0n) is 7.36. The Balaban J connectivity index is 2.69. The molecule has 1 saturated heterocycles. The SMILES string of the molecule is CCC1C(=O)NC1S(=O)(=O)CCO. The molecule has 1 fully saturated rings. The molecule has 0 aliphatic carbocycles. The molecule has 0 aromatic heterocycles. The zero-order chi connectivity index (χ0) is 10.1. The Morgan fingerprint density at radius 3 is 2.54 bits per heavy atom. The van der Waals surface area contributed by atoms with Gasteiger partial charge in [0.05, 0.1) is 18.3 Å². The fourth-order valence-corrected chi connectivity index (χ4v) is 3.00. The molecule has 6 heteroatoms. The van der Waals surface area contributed by atoms with E-state index in [1.807, 2.05) is 0 Å². The minimum atomic E-state index is -3.35. The number of hydrogen-bond donors (Lipinski definition) is 2. The van der Waals surface area contributed by atoms with Crippen LogP contribution in [0.5, 0.6) is 0 Å². The van der Waals surface area contributed by atoms with Crippen molar-refractivity contribution in [1.82, 2.24) is 5.32 Å². The molecule has 2 atom stereocenters. The first-order valence-corrected chi connectivity index (χ1v) is 5.87. The van der Waals surface area contributed by atoms with Crippen molar-refractivity contribution >= 4 is 15.7 Å². The Hall–Kier alpha value is -0.620. The lowest BCUT2D eigenvalue weighted by Gasteiger charge is -2.35. The van der Waals surface area contributed by atoms with Gasteiger partial charge in [0.15, 0.2) is 9.84 Å². The number of carbonyl (C=O) groups excluding carboxylic acids is 1. The fourth-order valence-electron chi connectivity index (χ4n) is 1.38. The molecule has 1 aliphatic rings. The van der Waals surface area contributed by atoms with E-state index in [0.717, 1.165) is 0 Å². The van der Waals surface area contributed by atoms with Crippen molar-refractivity contribution in [3.63, 3.8) is 0 Å². The second-order valence-corrected chi connectivity index (χ2v) is 5.28. The number of sulfone groups is 1. The molecule has 2 N–H and O–H groups in total. The van der Waals surface area contributed by atoms with Crippen LogP contribution in [0.1, 0.15) is 13.3 Å². The molecule has 0 saturated carbocycles. The molecule has 1 rings (SSSR count). The van der Waals surface area contributed by atoms with E-state index < -0.39 is 27.7 Å². The predicted octanol–water partition coefficient (Wildman–Crippen LogP) is -1.12. The first-order chi connectivity index (χ1) is 6.03. The summed E-state index contributed by atoms with van der Waals surface area (Å²) in [5, 5.41) is 10.1. The lowest BCUT2D eigenvalue weighted by molar-refractivity contribution is -0.132. The quantitative estimate of drug-likeness (QED) is 0.572. The number of amides is 1. The Morgan fingerprint density at radius 1 is 1.54 bits per heavy atom. The minimum Gasteiger partial charge on any atom is -0.395 e. The molecule has 1 heterocycles. The van der Waals surface area contributed by atoms with Crippen molar-refractivity contribution in [2.24, 2.45) is 5.92 Å². The van der Waals surface area contributed by atoms with Crippen molar-refractivity contribution in [3.05, 3.63) is 0 Å². The van der Waals surface area contributed by atoms with Crippen LogP contribution in [0.25, 0.3) is 0 Å². The molecule has 1 aliphatic heterocycles. The molecular formula is C7H13NO4S. The standard InChI is InChI=1S/C7H13NO4S/c1-2-5-6(10)8-7(5)13(11,12)4-3-9/h5,7,9H,2-4H2,1H3,(H,8,10). The molecule has 1 amide bonds. The molecule has 0 aromatic carbocycles.